The molecule has 0 spiro atoms. The zero-order valence-corrected chi connectivity index (χ0v) is 24.2. The summed E-state index contributed by atoms with van der Waals surface area (Å²) in [6, 6.07) is 6.74. The van der Waals surface area contributed by atoms with E-state index in [9.17, 15) is 13.2 Å². The standard InChI is InChI=1S/C31H32F5N7O/c1-15(2)43-13-22(31(34,35)36)24(43)14-44-30-40-28-21(29(41-30)42-11-18-6-7-19(12-42)39-18)10-38-27(26(28)33)20-9-17(37)8-16-4-3-5-23(32)25(16)20/h3-5,8-10,15,18-19,22,24,39H,6-7,11-14,37H2,1-2H3/t18?,19?,22-,24-/m1/s1. The number of halogens is 5. The van der Waals surface area contributed by atoms with Crippen LogP contribution in [-0.4, -0.2) is 76.4 Å². The predicted octanol–water partition coefficient (Wildman–Crippen LogP) is 5.30. The monoisotopic (exact) mass is 613 g/mol. The smallest absolute Gasteiger partial charge is 0.394 e. The molecule has 0 aliphatic carbocycles. The molecule has 13 heteroatoms. The van der Waals surface area contributed by atoms with Crippen LogP contribution in [0, 0.1) is 17.6 Å². The molecule has 7 rings (SSSR count). The fourth-order valence-electron chi connectivity index (χ4n) is 6.94. The van der Waals surface area contributed by atoms with E-state index >= 15 is 8.78 Å². The molecule has 0 radical (unpaired) electrons. The number of aromatic nitrogens is 3. The number of benzene rings is 2. The van der Waals surface area contributed by atoms with Crippen LogP contribution in [0.25, 0.3) is 32.9 Å². The average molecular weight is 614 g/mol. The highest BCUT2D eigenvalue weighted by Gasteiger charge is 2.55. The van der Waals surface area contributed by atoms with Gasteiger partial charge in [-0.1, -0.05) is 12.1 Å². The van der Waals surface area contributed by atoms with Gasteiger partial charge in [-0.2, -0.15) is 23.1 Å². The fourth-order valence-corrected chi connectivity index (χ4v) is 6.94. The quantitative estimate of drug-likeness (QED) is 0.224. The normalized spacial score (nSPS) is 24.0. The van der Waals surface area contributed by atoms with Gasteiger partial charge in [-0.25, -0.2) is 8.78 Å². The van der Waals surface area contributed by atoms with Crippen molar-refractivity contribution < 1.29 is 26.7 Å². The number of likely N-dealkylation sites (tertiary alicyclic amines) is 1. The number of nitrogens with zero attached hydrogens (tertiary/aromatic N) is 5. The van der Waals surface area contributed by atoms with E-state index in [1.54, 1.807) is 23.1 Å². The Balaban J connectivity index is 1.33. The van der Waals surface area contributed by atoms with Crippen molar-refractivity contribution in [2.24, 2.45) is 5.92 Å². The van der Waals surface area contributed by atoms with E-state index in [4.69, 9.17) is 10.5 Å². The maximum Gasteiger partial charge on any atom is 0.394 e. The molecule has 3 aliphatic heterocycles. The van der Waals surface area contributed by atoms with Gasteiger partial charge in [0.15, 0.2) is 5.82 Å². The van der Waals surface area contributed by atoms with Crippen LogP contribution < -0.4 is 20.7 Å². The molecule has 2 bridgehead atoms. The second kappa shape index (κ2) is 10.7. The van der Waals surface area contributed by atoms with Gasteiger partial charge in [0.05, 0.1) is 17.3 Å². The summed E-state index contributed by atoms with van der Waals surface area (Å²) in [6.45, 7) is 4.44. The second-order valence-electron chi connectivity index (χ2n) is 12.3. The molecule has 3 N–H and O–H groups in total. The molecule has 0 saturated carbocycles. The van der Waals surface area contributed by atoms with Gasteiger partial charge in [-0.15, -0.1) is 0 Å². The highest BCUT2D eigenvalue weighted by Crippen LogP contribution is 2.41. The molecule has 3 fully saturated rings. The van der Waals surface area contributed by atoms with Crippen LogP contribution in [0.3, 0.4) is 0 Å². The van der Waals surface area contributed by atoms with Gasteiger partial charge in [0.2, 0.25) is 0 Å². The molecule has 0 amide bonds. The van der Waals surface area contributed by atoms with Crippen LogP contribution in [0.5, 0.6) is 6.01 Å². The van der Waals surface area contributed by atoms with E-state index in [0.29, 0.717) is 35.4 Å². The van der Waals surface area contributed by atoms with Gasteiger partial charge < -0.3 is 20.7 Å². The number of hydrogen-bond acceptors (Lipinski definition) is 8. The molecule has 2 aromatic heterocycles. The molecule has 5 heterocycles. The number of pyridine rings is 1. The zero-order chi connectivity index (χ0) is 30.9. The summed E-state index contributed by atoms with van der Waals surface area (Å²) >= 11 is 0. The predicted molar refractivity (Wildman–Crippen MR) is 157 cm³/mol. The van der Waals surface area contributed by atoms with Crippen LogP contribution in [0.15, 0.2) is 36.5 Å². The van der Waals surface area contributed by atoms with Crippen molar-refractivity contribution in [3.8, 4) is 17.3 Å². The van der Waals surface area contributed by atoms with E-state index < -0.39 is 29.8 Å². The van der Waals surface area contributed by atoms with Crippen molar-refractivity contribution in [3.05, 3.63) is 48.2 Å². The van der Waals surface area contributed by atoms with Crippen LogP contribution in [-0.2, 0) is 0 Å². The Hall–Kier alpha value is -3.84. The van der Waals surface area contributed by atoms with Crippen LogP contribution in [0.4, 0.5) is 33.5 Å². The summed E-state index contributed by atoms with van der Waals surface area (Å²) in [7, 11) is 0. The highest BCUT2D eigenvalue weighted by molar-refractivity contribution is 6.01. The Morgan fingerprint density at radius 1 is 1.07 bits per heavy atom. The van der Waals surface area contributed by atoms with E-state index in [-0.39, 0.29) is 59.4 Å². The summed E-state index contributed by atoms with van der Waals surface area (Å²) in [4.78, 5) is 17.1. The number of hydrogen-bond donors (Lipinski definition) is 2. The number of piperazine rings is 1. The van der Waals surface area contributed by atoms with Crippen molar-refractivity contribution in [1.29, 1.82) is 0 Å². The molecular formula is C31H32F5N7O. The molecule has 4 aromatic rings. The van der Waals surface area contributed by atoms with E-state index in [0.717, 1.165) is 12.8 Å². The summed E-state index contributed by atoms with van der Waals surface area (Å²) in [6.07, 6.45) is -0.941. The fraction of sp³-hybridized carbons (Fsp3) is 0.452. The SMILES string of the molecule is CC(C)N1C[C@@H](C(F)(F)F)[C@H]1COc1nc(N2CC3CCC(C2)N3)c2cnc(-c3cc(N)cc4cccc(F)c34)c(F)c2n1. The molecule has 44 heavy (non-hydrogen) atoms. The molecule has 3 aliphatic rings. The Morgan fingerprint density at radius 3 is 2.52 bits per heavy atom. The molecule has 4 atom stereocenters. The van der Waals surface area contributed by atoms with Gasteiger partial charge in [0.1, 0.15) is 29.5 Å². The van der Waals surface area contributed by atoms with Gasteiger partial charge >= 0.3 is 12.2 Å². The lowest BCUT2D eigenvalue weighted by atomic mass is 9.87. The van der Waals surface area contributed by atoms with Gasteiger partial charge in [-0.05, 0) is 50.3 Å². The second-order valence-corrected chi connectivity index (χ2v) is 12.3. The number of nitrogen functional groups attached to an aromatic ring is 1. The van der Waals surface area contributed by atoms with Crippen LogP contribution in [0.1, 0.15) is 26.7 Å². The maximum absolute atomic E-state index is 16.5. The third-order valence-corrected chi connectivity index (χ3v) is 9.13. The molecule has 232 valence electrons. The third-order valence-electron chi connectivity index (χ3n) is 9.13. The minimum atomic E-state index is -4.38. The van der Waals surface area contributed by atoms with Crippen molar-refractivity contribution >= 4 is 33.2 Å². The maximum atomic E-state index is 16.5. The topological polar surface area (TPSA) is 92.4 Å². The van der Waals surface area contributed by atoms with Gasteiger partial charge in [-0.3, -0.25) is 9.88 Å². The van der Waals surface area contributed by atoms with E-state index in [1.165, 1.54) is 18.3 Å². The van der Waals surface area contributed by atoms with Crippen molar-refractivity contribution in [3.63, 3.8) is 0 Å². The highest BCUT2D eigenvalue weighted by atomic mass is 19.4. The van der Waals surface area contributed by atoms with Crippen molar-refractivity contribution in [2.75, 3.05) is 36.9 Å². The summed E-state index contributed by atoms with van der Waals surface area (Å²) in [5, 5.41) is 4.52. The number of fused-ring (bicyclic) bond motifs is 4. The van der Waals surface area contributed by atoms with Crippen molar-refractivity contribution in [1.82, 2.24) is 25.2 Å². The number of alkyl halides is 3. The number of ether oxygens (including phenoxy) is 1. The Labute approximate surface area is 250 Å². The lowest BCUT2D eigenvalue weighted by molar-refractivity contribution is -0.239. The molecular weight excluding hydrogens is 581 g/mol. The number of nitrogens with one attached hydrogen (secondary N) is 1. The Kier molecular flexibility index (Phi) is 7.00. The zero-order valence-electron chi connectivity index (χ0n) is 24.2. The number of rotatable bonds is 6. The molecule has 2 aromatic carbocycles. The largest absolute Gasteiger partial charge is 0.462 e. The minimum absolute atomic E-state index is 0.114. The summed E-state index contributed by atoms with van der Waals surface area (Å²) < 4.78 is 78.6. The van der Waals surface area contributed by atoms with Crippen LogP contribution >= 0.6 is 0 Å². The lowest BCUT2D eigenvalue weighted by Crippen LogP contribution is -2.65. The average Bonchev–Trinajstić information content (AvgIpc) is 3.28. The molecule has 3 saturated heterocycles. The lowest BCUT2D eigenvalue weighted by Gasteiger charge is -2.50. The number of nitrogens with two attached hydrogens (primary N) is 1. The Morgan fingerprint density at radius 2 is 1.82 bits per heavy atom. The van der Waals surface area contributed by atoms with E-state index in [1.807, 2.05) is 18.7 Å². The first-order chi connectivity index (χ1) is 21.0. The molecule has 8 nitrogen and oxygen atoms in total. The Bertz CT molecular complexity index is 1740. The first-order valence-electron chi connectivity index (χ1n) is 14.8. The third kappa shape index (κ3) is 4.95. The minimum Gasteiger partial charge on any atom is -0.462 e. The van der Waals surface area contributed by atoms with Gasteiger partial charge in [0.25, 0.3) is 0 Å². The first-order valence-corrected chi connectivity index (χ1v) is 14.8. The number of anilines is 2. The molecule has 2 unspecified atom stereocenters. The van der Waals surface area contributed by atoms with Crippen molar-refractivity contribution in [2.45, 2.75) is 57.0 Å². The summed E-state index contributed by atoms with van der Waals surface area (Å²) in [5.41, 5.74) is 6.29. The first kappa shape index (κ1) is 28.9. The summed E-state index contributed by atoms with van der Waals surface area (Å²) in [5.74, 6) is -2.54. The van der Waals surface area contributed by atoms with Gasteiger partial charge in [0, 0.05) is 60.6 Å². The van der Waals surface area contributed by atoms with Crippen LogP contribution in [0.2, 0.25) is 0 Å². The van der Waals surface area contributed by atoms with E-state index in [2.05, 4.69) is 20.3 Å².